The number of nitrogens with zero attached hydrogens (tertiary/aromatic N) is 2. The topological polar surface area (TPSA) is 146 Å². The van der Waals surface area contributed by atoms with Crippen LogP contribution in [0.4, 0.5) is 0 Å². The van der Waals surface area contributed by atoms with E-state index in [0.29, 0.717) is 6.42 Å². The Kier molecular flexibility index (Phi) is 7.22. The van der Waals surface area contributed by atoms with E-state index in [0.717, 1.165) is 19.3 Å². The maximum Gasteiger partial charge on any atom is 0.384 e. The Labute approximate surface area is 101 Å². The second kappa shape index (κ2) is 7.85. The molecular weight excluding hydrogens is 246 g/mol. The number of hydrogen-bond donors (Lipinski definition) is 3. The van der Waals surface area contributed by atoms with Crippen molar-refractivity contribution in [2.75, 3.05) is 6.61 Å². The predicted molar refractivity (Wildman–Crippen MR) is 66.4 cm³/mol. The average Bonchev–Trinajstić information content (AvgIpc) is 2.14. The van der Waals surface area contributed by atoms with Crippen molar-refractivity contribution >= 4 is 22.2 Å². The summed E-state index contributed by atoms with van der Waals surface area (Å²) in [6.07, 6.45) is 3.63. The van der Waals surface area contributed by atoms with E-state index >= 15 is 0 Å². The summed E-state index contributed by atoms with van der Waals surface area (Å²) in [4.78, 5) is 3.26. The third-order valence-corrected chi connectivity index (χ3v) is 2.55. The molecule has 100 valence electrons. The average molecular weight is 265 g/mol. The van der Waals surface area contributed by atoms with Gasteiger partial charge in [-0.15, -0.1) is 4.40 Å². The number of hydrogen-bond acceptors (Lipinski definition) is 3. The molecule has 0 atom stereocenters. The third-order valence-electron chi connectivity index (χ3n) is 1.68. The zero-order valence-electron chi connectivity index (χ0n) is 9.80. The van der Waals surface area contributed by atoms with Gasteiger partial charge in [0, 0.05) is 0 Å². The van der Waals surface area contributed by atoms with E-state index < -0.39 is 16.3 Å². The molecule has 0 aromatic heterocycles. The zero-order valence-corrected chi connectivity index (χ0v) is 10.6. The monoisotopic (exact) mass is 265 g/mol. The molecule has 0 heterocycles. The lowest BCUT2D eigenvalue weighted by molar-refractivity contribution is 0.307. The fourth-order valence-corrected chi connectivity index (χ4v) is 1.64. The molecule has 0 aliphatic rings. The lowest BCUT2D eigenvalue weighted by Gasteiger charge is -2.01. The summed E-state index contributed by atoms with van der Waals surface area (Å²) >= 11 is 0. The highest BCUT2D eigenvalue weighted by Crippen LogP contribution is 2.02. The summed E-state index contributed by atoms with van der Waals surface area (Å²) < 4.78 is 30.1. The first-order valence-electron chi connectivity index (χ1n) is 5.22. The number of aliphatic imine (C=N–C) groups is 1. The van der Waals surface area contributed by atoms with E-state index in [4.69, 9.17) is 17.2 Å². The largest absolute Gasteiger partial charge is 0.384 e. The van der Waals surface area contributed by atoms with Gasteiger partial charge in [-0.1, -0.05) is 26.2 Å². The maximum atomic E-state index is 11.2. The Balaban J connectivity index is 4.17. The van der Waals surface area contributed by atoms with E-state index in [1.54, 1.807) is 0 Å². The van der Waals surface area contributed by atoms with Crippen molar-refractivity contribution in [3.8, 4) is 0 Å². The number of unbranched alkanes of at least 4 members (excludes halogenated alkanes) is 3. The standard InChI is InChI=1S/C8H19N5O3S/c1-2-3-4-5-6-16-17(14,15)13-8(11)12-7(9)10/h2-6H2,1H3,(H6,9,10,11,12,13). The molecule has 0 rings (SSSR count). The molecule has 0 bridgehead atoms. The highest BCUT2D eigenvalue weighted by molar-refractivity contribution is 7.85. The molecule has 0 fully saturated rings. The van der Waals surface area contributed by atoms with Crippen molar-refractivity contribution in [2.45, 2.75) is 32.6 Å². The van der Waals surface area contributed by atoms with E-state index in [9.17, 15) is 8.42 Å². The molecule has 0 amide bonds. The Morgan fingerprint density at radius 2 is 1.82 bits per heavy atom. The van der Waals surface area contributed by atoms with Gasteiger partial charge in [0.2, 0.25) is 5.96 Å². The minimum absolute atomic E-state index is 0.0704. The zero-order chi connectivity index (χ0) is 13.3. The molecule has 8 nitrogen and oxygen atoms in total. The lowest BCUT2D eigenvalue weighted by atomic mass is 10.2. The highest BCUT2D eigenvalue weighted by Gasteiger charge is 2.09. The van der Waals surface area contributed by atoms with Gasteiger partial charge in [0.15, 0.2) is 5.96 Å². The first-order chi connectivity index (χ1) is 7.87. The van der Waals surface area contributed by atoms with Crippen LogP contribution in [0.15, 0.2) is 9.39 Å². The van der Waals surface area contributed by atoms with Crippen LogP contribution in [0.25, 0.3) is 0 Å². The van der Waals surface area contributed by atoms with Gasteiger partial charge in [0.25, 0.3) is 0 Å². The summed E-state index contributed by atoms with van der Waals surface area (Å²) in [5.74, 6) is -0.928. The quantitative estimate of drug-likeness (QED) is 0.318. The molecule has 9 heteroatoms. The molecular formula is C8H19N5O3S. The van der Waals surface area contributed by atoms with Crippen LogP contribution in [0.2, 0.25) is 0 Å². The van der Waals surface area contributed by atoms with Gasteiger partial charge in [0.1, 0.15) is 0 Å². The Morgan fingerprint density at radius 3 is 2.35 bits per heavy atom. The van der Waals surface area contributed by atoms with Crippen molar-refractivity contribution in [3.63, 3.8) is 0 Å². The summed E-state index contributed by atoms with van der Waals surface area (Å²) in [7, 11) is -4.07. The van der Waals surface area contributed by atoms with Crippen molar-refractivity contribution in [2.24, 2.45) is 26.6 Å². The number of rotatable bonds is 7. The Morgan fingerprint density at radius 1 is 1.18 bits per heavy atom. The van der Waals surface area contributed by atoms with Gasteiger partial charge in [-0.3, -0.25) is 4.18 Å². The molecule has 0 aromatic rings. The molecule has 0 unspecified atom stereocenters. The van der Waals surface area contributed by atoms with Crippen LogP contribution in [-0.4, -0.2) is 26.9 Å². The van der Waals surface area contributed by atoms with Crippen LogP contribution in [0.5, 0.6) is 0 Å². The summed E-state index contributed by atoms with van der Waals surface area (Å²) in [6, 6.07) is 0. The van der Waals surface area contributed by atoms with Crippen LogP contribution >= 0.6 is 0 Å². The van der Waals surface area contributed by atoms with Crippen LogP contribution in [-0.2, 0) is 14.5 Å². The Bertz CT molecular complexity index is 373. The Hall–Kier alpha value is -1.35. The van der Waals surface area contributed by atoms with Gasteiger partial charge >= 0.3 is 10.3 Å². The molecule has 0 spiro atoms. The SMILES string of the molecule is CCCCCCOS(=O)(=O)N=C(N)N=C(N)N. The van der Waals surface area contributed by atoms with Gasteiger partial charge in [0.05, 0.1) is 6.61 Å². The molecule has 0 saturated heterocycles. The lowest BCUT2D eigenvalue weighted by Crippen LogP contribution is -2.27. The molecule has 6 N–H and O–H groups in total. The van der Waals surface area contributed by atoms with Gasteiger partial charge < -0.3 is 17.2 Å². The molecule has 0 aromatic carbocycles. The van der Waals surface area contributed by atoms with E-state index in [1.165, 1.54) is 0 Å². The van der Waals surface area contributed by atoms with Gasteiger partial charge in [-0.25, -0.2) is 0 Å². The minimum Gasteiger partial charge on any atom is -0.370 e. The molecule has 0 saturated carbocycles. The van der Waals surface area contributed by atoms with Crippen LogP contribution < -0.4 is 17.2 Å². The fraction of sp³-hybridized carbons (Fsp3) is 0.750. The minimum atomic E-state index is -4.07. The third kappa shape index (κ3) is 9.57. The maximum absolute atomic E-state index is 11.2. The smallest absolute Gasteiger partial charge is 0.370 e. The van der Waals surface area contributed by atoms with Crippen LogP contribution in [0, 0.1) is 0 Å². The first-order valence-corrected chi connectivity index (χ1v) is 6.58. The van der Waals surface area contributed by atoms with Crippen molar-refractivity contribution in [3.05, 3.63) is 0 Å². The summed E-state index contributed by atoms with van der Waals surface area (Å²) in [5.41, 5.74) is 15.2. The number of guanidine groups is 2. The number of nitrogens with two attached hydrogens (primary N) is 3. The van der Waals surface area contributed by atoms with Crippen LogP contribution in [0.1, 0.15) is 32.6 Å². The summed E-state index contributed by atoms with van der Waals surface area (Å²) in [6.45, 7) is 2.12. The van der Waals surface area contributed by atoms with E-state index in [1.807, 2.05) is 0 Å². The molecule has 0 aliphatic carbocycles. The van der Waals surface area contributed by atoms with Crippen molar-refractivity contribution in [1.82, 2.24) is 0 Å². The van der Waals surface area contributed by atoms with E-state index in [2.05, 4.69) is 20.5 Å². The molecule has 17 heavy (non-hydrogen) atoms. The van der Waals surface area contributed by atoms with Crippen molar-refractivity contribution in [1.29, 1.82) is 0 Å². The predicted octanol–water partition coefficient (Wildman–Crippen LogP) is -0.584. The normalized spacial score (nSPS) is 12.4. The van der Waals surface area contributed by atoms with E-state index in [-0.39, 0.29) is 12.6 Å². The van der Waals surface area contributed by atoms with Gasteiger partial charge in [-0.2, -0.15) is 13.4 Å². The fourth-order valence-electron chi connectivity index (χ4n) is 0.987. The molecule has 0 radical (unpaired) electrons. The van der Waals surface area contributed by atoms with Crippen molar-refractivity contribution < 1.29 is 12.6 Å². The second-order valence-electron chi connectivity index (χ2n) is 3.30. The van der Waals surface area contributed by atoms with Gasteiger partial charge in [-0.05, 0) is 6.42 Å². The highest BCUT2D eigenvalue weighted by atomic mass is 32.2. The van der Waals surface area contributed by atoms with Crippen LogP contribution in [0.3, 0.4) is 0 Å². The summed E-state index contributed by atoms with van der Waals surface area (Å²) in [5, 5.41) is 0. The molecule has 0 aliphatic heterocycles. The first kappa shape index (κ1) is 15.7. The second-order valence-corrected chi connectivity index (χ2v) is 4.57.